The summed E-state index contributed by atoms with van der Waals surface area (Å²) in [5, 5.41) is 6.89. The Balaban J connectivity index is 1.78. The predicted molar refractivity (Wildman–Crippen MR) is 108 cm³/mol. The van der Waals surface area contributed by atoms with Crippen molar-refractivity contribution in [1.29, 1.82) is 0 Å². The summed E-state index contributed by atoms with van der Waals surface area (Å²) in [5.74, 6) is 2.25. The van der Waals surface area contributed by atoms with Crippen molar-refractivity contribution in [2.45, 2.75) is 46.0 Å². The molecule has 1 aliphatic heterocycles. The second-order valence-electron chi connectivity index (χ2n) is 7.49. The van der Waals surface area contributed by atoms with Gasteiger partial charge < -0.3 is 15.5 Å². The molecule has 0 radical (unpaired) electrons. The number of benzene rings is 1. The average molecular weight is 345 g/mol. The number of rotatable bonds is 7. The van der Waals surface area contributed by atoms with Crippen molar-refractivity contribution in [2.24, 2.45) is 10.9 Å². The number of aliphatic imine (C=N–C) groups is 1. The van der Waals surface area contributed by atoms with Crippen molar-refractivity contribution in [3.63, 3.8) is 0 Å². The van der Waals surface area contributed by atoms with Gasteiger partial charge in [0.1, 0.15) is 0 Å². The van der Waals surface area contributed by atoms with Crippen LogP contribution in [0.4, 0.5) is 0 Å². The third kappa shape index (κ3) is 7.07. The van der Waals surface area contributed by atoms with Crippen LogP contribution in [0, 0.1) is 12.8 Å². The molecule has 4 nitrogen and oxygen atoms in total. The summed E-state index contributed by atoms with van der Waals surface area (Å²) >= 11 is 0. The van der Waals surface area contributed by atoms with Crippen LogP contribution in [0.1, 0.15) is 50.2 Å². The molecule has 1 fully saturated rings. The van der Waals surface area contributed by atoms with Crippen LogP contribution in [0.5, 0.6) is 0 Å². The Labute approximate surface area is 154 Å². The number of nitrogens with zero attached hydrogens (tertiary/aromatic N) is 2. The van der Waals surface area contributed by atoms with Gasteiger partial charge in [-0.25, -0.2) is 0 Å². The number of aryl methyl sites for hydroxylation is 1. The number of piperidine rings is 1. The molecule has 2 rings (SSSR count). The quantitative estimate of drug-likeness (QED) is 0.588. The van der Waals surface area contributed by atoms with Gasteiger partial charge >= 0.3 is 0 Å². The Morgan fingerprint density at radius 3 is 2.52 bits per heavy atom. The molecule has 1 aromatic rings. The van der Waals surface area contributed by atoms with Crippen molar-refractivity contribution in [1.82, 2.24) is 15.5 Å². The zero-order valence-corrected chi connectivity index (χ0v) is 16.5. The molecule has 0 aromatic heterocycles. The Morgan fingerprint density at radius 1 is 1.20 bits per heavy atom. The zero-order valence-electron chi connectivity index (χ0n) is 16.5. The lowest BCUT2D eigenvalue weighted by Crippen LogP contribution is -2.39. The molecule has 1 atom stereocenters. The SMILES string of the molecule is CCNC(=NCC(C)c1ccc(C)cc1)NCCC1CCN(C)CC1. The molecule has 25 heavy (non-hydrogen) atoms. The molecule has 1 heterocycles. The van der Waals surface area contributed by atoms with Crippen molar-refractivity contribution in [3.05, 3.63) is 35.4 Å². The van der Waals surface area contributed by atoms with Crippen LogP contribution in [0.3, 0.4) is 0 Å². The average Bonchev–Trinajstić information content (AvgIpc) is 2.61. The highest BCUT2D eigenvalue weighted by molar-refractivity contribution is 5.79. The van der Waals surface area contributed by atoms with Crippen molar-refractivity contribution in [2.75, 3.05) is 39.8 Å². The lowest BCUT2D eigenvalue weighted by Gasteiger charge is -2.29. The number of likely N-dealkylation sites (tertiary alicyclic amines) is 1. The van der Waals surface area contributed by atoms with Crippen LogP contribution in [-0.2, 0) is 0 Å². The van der Waals surface area contributed by atoms with Gasteiger partial charge in [-0.15, -0.1) is 0 Å². The van der Waals surface area contributed by atoms with Gasteiger partial charge in [-0.1, -0.05) is 36.8 Å². The Bertz CT molecular complexity index is 515. The van der Waals surface area contributed by atoms with Gasteiger partial charge in [-0.05, 0) is 64.7 Å². The molecule has 0 amide bonds. The van der Waals surface area contributed by atoms with Crippen LogP contribution in [0.2, 0.25) is 0 Å². The van der Waals surface area contributed by atoms with Crippen molar-refractivity contribution >= 4 is 5.96 Å². The lowest BCUT2D eigenvalue weighted by molar-refractivity contribution is 0.213. The predicted octanol–water partition coefficient (Wildman–Crippen LogP) is 3.39. The number of nitrogens with one attached hydrogen (secondary N) is 2. The fourth-order valence-electron chi connectivity index (χ4n) is 3.32. The van der Waals surface area contributed by atoms with Crippen LogP contribution in [0.15, 0.2) is 29.3 Å². The topological polar surface area (TPSA) is 39.7 Å². The van der Waals surface area contributed by atoms with E-state index >= 15 is 0 Å². The Hall–Kier alpha value is -1.55. The maximum Gasteiger partial charge on any atom is 0.191 e. The van der Waals surface area contributed by atoms with Gasteiger partial charge in [0, 0.05) is 25.6 Å². The molecule has 0 spiro atoms. The number of hydrogen-bond acceptors (Lipinski definition) is 2. The molecular weight excluding hydrogens is 308 g/mol. The smallest absolute Gasteiger partial charge is 0.191 e. The van der Waals surface area contributed by atoms with Gasteiger partial charge in [-0.2, -0.15) is 0 Å². The summed E-state index contributed by atoms with van der Waals surface area (Å²) in [4.78, 5) is 7.23. The van der Waals surface area contributed by atoms with Crippen molar-refractivity contribution < 1.29 is 0 Å². The highest BCUT2D eigenvalue weighted by Crippen LogP contribution is 2.19. The van der Waals surface area contributed by atoms with E-state index in [-0.39, 0.29) is 0 Å². The summed E-state index contributed by atoms with van der Waals surface area (Å²) in [6, 6.07) is 8.80. The summed E-state index contributed by atoms with van der Waals surface area (Å²) in [6.07, 6.45) is 3.90. The van der Waals surface area contributed by atoms with Crippen LogP contribution < -0.4 is 10.6 Å². The van der Waals surface area contributed by atoms with E-state index in [1.807, 2.05) is 0 Å². The van der Waals surface area contributed by atoms with Gasteiger partial charge in [0.15, 0.2) is 5.96 Å². The lowest BCUT2D eigenvalue weighted by atomic mass is 9.94. The summed E-state index contributed by atoms with van der Waals surface area (Å²) in [7, 11) is 2.22. The first kappa shape index (κ1) is 19.8. The molecule has 0 bridgehead atoms. The first-order valence-electron chi connectivity index (χ1n) is 9.85. The largest absolute Gasteiger partial charge is 0.357 e. The highest BCUT2D eigenvalue weighted by atomic mass is 15.2. The molecule has 0 saturated carbocycles. The van der Waals surface area contributed by atoms with Gasteiger partial charge in [0.05, 0.1) is 0 Å². The van der Waals surface area contributed by atoms with E-state index in [4.69, 9.17) is 4.99 Å². The normalized spacial score (nSPS) is 18.2. The van der Waals surface area contributed by atoms with E-state index in [2.05, 4.69) is 67.6 Å². The fraction of sp³-hybridized carbons (Fsp3) is 0.667. The van der Waals surface area contributed by atoms with E-state index in [0.717, 1.165) is 31.5 Å². The first-order valence-corrected chi connectivity index (χ1v) is 9.85. The molecule has 1 aromatic carbocycles. The Kier molecular flexibility index (Phi) is 8.26. The molecule has 1 aliphatic rings. The fourth-order valence-corrected chi connectivity index (χ4v) is 3.32. The van der Waals surface area contributed by atoms with Gasteiger partial charge in [0.2, 0.25) is 0 Å². The van der Waals surface area contributed by atoms with E-state index < -0.39 is 0 Å². The number of hydrogen-bond donors (Lipinski definition) is 2. The van der Waals surface area contributed by atoms with Crippen LogP contribution in [-0.4, -0.2) is 50.6 Å². The van der Waals surface area contributed by atoms with E-state index in [1.165, 1.54) is 43.5 Å². The van der Waals surface area contributed by atoms with E-state index in [1.54, 1.807) is 0 Å². The summed E-state index contributed by atoms with van der Waals surface area (Å²) in [6.45, 7) is 11.7. The second kappa shape index (κ2) is 10.4. The summed E-state index contributed by atoms with van der Waals surface area (Å²) in [5.41, 5.74) is 2.67. The second-order valence-corrected chi connectivity index (χ2v) is 7.49. The molecule has 1 saturated heterocycles. The molecule has 1 unspecified atom stereocenters. The molecule has 0 aliphatic carbocycles. The zero-order chi connectivity index (χ0) is 18.1. The Morgan fingerprint density at radius 2 is 1.88 bits per heavy atom. The molecular formula is C21H36N4. The minimum atomic E-state index is 0.435. The van der Waals surface area contributed by atoms with Crippen LogP contribution >= 0.6 is 0 Å². The third-order valence-corrected chi connectivity index (χ3v) is 5.20. The first-order chi connectivity index (χ1) is 12.1. The van der Waals surface area contributed by atoms with Gasteiger partial charge in [0.25, 0.3) is 0 Å². The summed E-state index contributed by atoms with van der Waals surface area (Å²) < 4.78 is 0. The van der Waals surface area contributed by atoms with Gasteiger partial charge in [-0.3, -0.25) is 4.99 Å². The maximum atomic E-state index is 4.79. The third-order valence-electron chi connectivity index (χ3n) is 5.20. The maximum absolute atomic E-state index is 4.79. The van der Waals surface area contributed by atoms with E-state index in [9.17, 15) is 0 Å². The molecule has 140 valence electrons. The minimum absolute atomic E-state index is 0.435. The molecule has 4 heteroatoms. The molecule has 2 N–H and O–H groups in total. The standard InChI is InChI=1S/C21H36N4/c1-5-22-21(23-13-10-19-11-14-25(4)15-12-19)24-16-18(3)20-8-6-17(2)7-9-20/h6-9,18-19H,5,10-16H2,1-4H3,(H2,22,23,24). The van der Waals surface area contributed by atoms with E-state index in [0.29, 0.717) is 5.92 Å². The highest BCUT2D eigenvalue weighted by Gasteiger charge is 2.16. The number of guanidine groups is 1. The minimum Gasteiger partial charge on any atom is -0.357 e. The van der Waals surface area contributed by atoms with Crippen LogP contribution in [0.25, 0.3) is 0 Å². The monoisotopic (exact) mass is 344 g/mol. The van der Waals surface area contributed by atoms with Crippen molar-refractivity contribution in [3.8, 4) is 0 Å².